The van der Waals surface area contributed by atoms with E-state index in [0.29, 0.717) is 5.56 Å². The highest BCUT2D eigenvalue weighted by Gasteiger charge is 2.29. The summed E-state index contributed by atoms with van der Waals surface area (Å²) in [5.41, 5.74) is 2.89. The van der Waals surface area contributed by atoms with Crippen LogP contribution < -0.4 is 0 Å². The highest BCUT2D eigenvalue weighted by molar-refractivity contribution is 5.63. The van der Waals surface area contributed by atoms with Crippen molar-refractivity contribution in [2.24, 2.45) is 0 Å². The van der Waals surface area contributed by atoms with Crippen molar-refractivity contribution in [2.75, 3.05) is 0 Å². The van der Waals surface area contributed by atoms with Gasteiger partial charge in [-0.3, -0.25) is 4.98 Å². The molecule has 3 aromatic rings. The molecule has 1 aromatic heterocycles. The number of benzene rings is 2. The van der Waals surface area contributed by atoms with E-state index in [1.54, 1.807) is 6.20 Å². The van der Waals surface area contributed by atoms with Crippen LogP contribution in [-0.2, 0) is 6.18 Å². The molecule has 0 bridgehead atoms. The topological polar surface area (TPSA) is 12.9 Å². The molecule has 0 N–H and O–H groups in total. The number of alkyl halides is 3. The van der Waals surface area contributed by atoms with E-state index in [1.807, 2.05) is 42.5 Å². The van der Waals surface area contributed by atoms with Crippen molar-refractivity contribution in [1.29, 1.82) is 0 Å². The van der Waals surface area contributed by atoms with Crippen LogP contribution in [0.5, 0.6) is 0 Å². The Bertz CT molecular complexity index is 864. The Labute approximate surface area is 150 Å². The molecule has 0 aliphatic rings. The maximum atomic E-state index is 12.6. The summed E-state index contributed by atoms with van der Waals surface area (Å²) in [6, 6.07) is 18.9. The van der Waals surface area contributed by atoms with E-state index < -0.39 is 11.7 Å². The summed E-state index contributed by atoms with van der Waals surface area (Å²) in [5, 5.41) is 0. The summed E-state index contributed by atoms with van der Waals surface area (Å²) in [7, 11) is 0. The van der Waals surface area contributed by atoms with Gasteiger partial charge < -0.3 is 0 Å². The summed E-state index contributed by atoms with van der Waals surface area (Å²) in [6.07, 6.45) is 1.51. The van der Waals surface area contributed by atoms with Crippen LogP contribution in [0.1, 0.15) is 29.7 Å². The first kappa shape index (κ1) is 17.9. The number of allylic oxidation sites excluding steroid dienone is 1. The van der Waals surface area contributed by atoms with Gasteiger partial charge >= 0.3 is 6.18 Å². The van der Waals surface area contributed by atoms with Crippen LogP contribution in [0.15, 0.2) is 79.0 Å². The van der Waals surface area contributed by atoms with Gasteiger partial charge in [0.15, 0.2) is 0 Å². The van der Waals surface area contributed by atoms with Gasteiger partial charge in [0.05, 0.1) is 5.56 Å². The number of hydrogen-bond donors (Lipinski definition) is 0. The molecule has 4 heteroatoms. The zero-order valence-corrected chi connectivity index (χ0v) is 14.2. The highest BCUT2D eigenvalue weighted by atomic mass is 19.4. The molecule has 1 heterocycles. The third-order valence-corrected chi connectivity index (χ3v) is 4.18. The van der Waals surface area contributed by atoms with Gasteiger partial charge in [-0.25, -0.2) is 0 Å². The van der Waals surface area contributed by atoms with Crippen LogP contribution in [0.3, 0.4) is 0 Å². The number of rotatable bonds is 4. The zero-order chi connectivity index (χ0) is 18.6. The molecule has 0 aliphatic carbocycles. The minimum Gasteiger partial charge on any atom is -0.260 e. The summed E-state index contributed by atoms with van der Waals surface area (Å²) in [4.78, 5) is 4.46. The lowest BCUT2D eigenvalue weighted by Crippen LogP contribution is -2.04. The van der Waals surface area contributed by atoms with Gasteiger partial charge in [-0.2, -0.15) is 13.2 Å². The first-order chi connectivity index (χ1) is 12.4. The van der Waals surface area contributed by atoms with Crippen molar-refractivity contribution < 1.29 is 13.2 Å². The number of pyridine rings is 1. The molecular formula is C22H18F3N. The van der Waals surface area contributed by atoms with Gasteiger partial charge in [0.25, 0.3) is 0 Å². The van der Waals surface area contributed by atoms with E-state index in [4.69, 9.17) is 0 Å². The smallest absolute Gasteiger partial charge is 0.260 e. The van der Waals surface area contributed by atoms with Gasteiger partial charge in [-0.05, 0) is 29.3 Å². The van der Waals surface area contributed by atoms with Crippen LogP contribution in [0, 0.1) is 0 Å². The predicted molar refractivity (Wildman–Crippen MR) is 98.6 cm³/mol. The predicted octanol–water partition coefficient (Wildman–Crippen LogP) is 6.58. The summed E-state index contributed by atoms with van der Waals surface area (Å²) in [5.74, 6) is 0.136. The number of aromatic nitrogens is 1. The van der Waals surface area contributed by atoms with E-state index >= 15 is 0 Å². The maximum absolute atomic E-state index is 12.6. The van der Waals surface area contributed by atoms with Crippen LogP contribution in [-0.4, -0.2) is 4.98 Å². The van der Waals surface area contributed by atoms with Gasteiger partial charge in [0, 0.05) is 23.4 Å². The Morgan fingerprint density at radius 3 is 2.08 bits per heavy atom. The Hall–Kier alpha value is -2.88. The molecule has 0 saturated heterocycles. The number of nitrogens with zero attached hydrogens (tertiary/aromatic N) is 1. The fourth-order valence-electron chi connectivity index (χ4n) is 2.62. The van der Waals surface area contributed by atoms with Gasteiger partial charge in [0.1, 0.15) is 0 Å². The van der Waals surface area contributed by atoms with Gasteiger partial charge in [0.2, 0.25) is 0 Å². The molecule has 0 aliphatic heterocycles. The van der Waals surface area contributed by atoms with Crippen molar-refractivity contribution in [1.82, 2.24) is 4.98 Å². The van der Waals surface area contributed by atoms with Gasteiger partial charge in [-0.1, -0.05) is 67.6 Å². The van der Waals surface area contributed by atoms with Crippen molar-refractivity contribution >= 4 is 6.08 Å². The highest BCUT2D eigenvalue weighted by Crippen LogP contribution is 2.31. The lowest BCUT2D eigenvalue weighted by Gasteiger charge is -2.09. The molecule has 0 amide bonds. The molecular weight excluding hydrogens is 335 g/mol. The fraction of sp³-hybridized carbons (Fsp3) is 0.136. The lowest BCUT2D eigenvalue weighted by molar-refractivity contribution is -0.137. The second-order valence-corrected chi connectivity index (χ2v) is 6.11. The minimum atomic E-state index is -4.32. The first-order valence-corrected chi connectivity index (χ1v) is 8.30. The molecule has 132 valence electrons. The van der Waals surface area contributed by atoms with E-state index in [0.717, 1.165) is 29.0 Å². The van der Waals surface area contributed by atoms with E-state index in [9.17, 15) is 13.2 Å². The molecule has 26 heavy (non-hydrogen) atoms. The van der Waals surface area contributed by atoms with Crippen molar-refractivity contribution in [3.63, 3.8) is 0 Å². The quantitative estimate of drug-likeness (QED) is 0.516. The Balaban J connectivity index is 1.73. The molecule has 0 fully saturated rings. The van der Waals surface area contributed by atoms with Crippen LogP contribution in [0.2, 0.25) is 0 Å². The average molecular weight is 353 g/mol. The SMILES string of the molecule is CC(/C=C/c1ccccc1)c1ccc(-c2ccc(C(F)(F)F)cc2)cn1. The molecule has 0 saturated carbocycles. The van der Waals surface area contributed by atoms with Gasteiger partial charge in [-0.15, -0.1) is 0 Å². The Morgan fingerprint density at radius 2 is 1.50 bits per heavy atom. The molecule has 3 rings (SSSR count). The van der Waals surface area contributed by atoms with Crippen molar-refractivity contribution in [3.8, 4) is 11.1 Å². The Morgan fingerprint density at radius 1 is 0.846 bits per heavy atom. The zero-order valence-electron chi connectivity index (χ0n) is 14.2. The molecule has 1 nitrogen and oxygen atoms in total. The largest absolute Gasteiger partial charge is 0.416 e. The van der Waals surface area contributed by atoms with E-state index in [-0.39, 0.29) is 5.92 Å². The standard InChI is InChI=1S/C22H18F3N/c1-16(7-8-17-5-3-2-4-6-17)21-14-11-19(15-26-21)18-9-12-20(13-10-18)22(23,24)25/h2-16H,1H3/b8-7+. The summed E-state index contributed by atoms with van der Waals surface area (Å²) in [6.45, 7) is 2.06. The summed E-state index contributed by atoms with van der Waals surface area (Å²) < 4.78 is 37.9. The molecule has 1 atom stereocenters. The monoisotopic (exact) mass is 353 g/mol. The van der Waals surface area contributed by atoms with Crippen molar-refractivity contribution in [3.05, 3.63) is 95.8 Å². The van der Waals surface area contributed by atoms with Crippen molar-refractivity contribution in [2.45, 2.75) is 19.0 Å². The van der Waals surface area contributed by atoms with Crippen LogP contribution in [0.25, 0.3) is 17.2 Å². The normalized spacial score (nSPS) is 13.1. The summed E-state index contributed by atoms with van der Waals surface area (Å²) >= 11 is 0. The lowest BCUT2D eigenvalue weighted by atomic mass is 10.0. The fourth-order valence-corrected chi connectivity index (χ4v) is 2.62. The third-order valence-electron chi connectivity index (χ3n) is 4.18. The maximum Gasteiger partial charge on any atom is 0.416 e. The van der Waals surface area contributed by atoms with Crippen LogP contribution in [0.4, 0.5) is 13.2 Å². The minimum absolute atomic E-state index is 0.136. The molecule has 1 unspecified atom stereocenters. The first-order valence-electron chi connectivity index (χ1n) is 8.30. The molecule has 2 aromatic carbocycles. The Kier molecular flexibility index (Phi) is 5.21. The van der Waals surface area contributed by atoms with E-state index in [2.05, 4.69) is 24.1 Å². The second kappa shape index (κ2) is 7.56. The van der Waals surface area contributed by atoms with Crippen LogP contribution >= 0.6 is 0 Å². The third kappa shape index (κ3) is 4.39. The number of hydrogen-bond acceptors (Lipinski definition) is 1. The molecule has 0 radical (unpaired) electrons. The number of halogens is 3. The molecule has 0 spiro atoms. The van der Waals surface area contributed by atoms with E-state index in [1.165, 1.54) is 12.1 Å². The average Bonchev–Trinajstić information content (AvgIpc) is 2.66. The second-order valence-electron chi connectivity index (χ2n) is 6.11.